The summed E-state index contributed by atoms with van der Waals surface area (Å²) in [5.74, 6) is 2.07. The van der Waals surface area contributed by atoms with E-state index in [1.807, 2.05) is 23.5 Å². The minimum atomic E-state index is 0.209. The van der Waals surface area contributed by atoms with E-state index < -0.39 is 0 Å². The number of thioether (sulfide) groups is 2. The fourth-order valence-corrected chi connectivity index (χ4v) is 7.84. The summed E-state index contributed by atoms with van der Waals surface area (Å²) >= 11 is 4.22. The molecule has 0 saturated carbocycles. The molecule has 20 heavy (non-hydrogen) atoms. The summed E-state index contributed by atoms with van der Waals surface area (Å²) in [6, 6.07) is 4.63. The van der Waals surface area contributed by atoms with E-state index in [9.17, 15) is 0 Å². The van der Waals surface area contributed by atoms with Gasteiger partial charge in [-0.15, -0.1) is 0 Å². The Balaban J connectivity index is 1.78. The Hall–Kier alpha value is -0.361. The van der Waals surface area contributed by atoms with Crippen LogP contribution in [0.3, 0.4) is 0 Å². The molecule has 0 fully saturated rings. The molecule has 0 spiro atoms. The molecule has 0 unspecified atom stereocenters. The summed E-state index contributed by atoms with van der Waals surface area (Å²) in [7, 11) is 0. The predicted molar refractivity (Wildman–Crippen MR) is 81.5 cm³/mol. The van der Waals surface area contributed by atoms with Crippen LogP contribution in [0.5, 0.6) is 0 Å². The second kappa shape index (κ2) is 4.57. The van der Waals surface area contributed by atoms with Crippen molar-refractivity contribution in [3.8, 4) is 22.5 Å². The van der Waals surface area contributed by atoms with E-state index >= 15 is 0 Å². The molecule has 3 aromatic rings. The second-order valence-corrected chi connectivity index (χ2v) is 10.9. The van der Waals surface area contributed by atoms with Crippen molar-refractivity contribution in [2.75, 3.05) is 0 Å². The number of hydrogen-bond acceptors (Lipinski definition) is 6. The zero-order valence-electron chi connectivity index (χ0n) is 9.99. The van der Waals surface area contributed by atoms with Crippen LogP contribution in [0.25, 0.3) is 22.5 Å². The van der Waals surface area contributed by atoms with Crippen LogP contribution in [0, 0.1) is 0 Å². The van der Waals surface area contributed by atoms with Crippen molar-refractivity contribution in [2.45, 2.75) is 19.0 Å². The first-order valence-electron chi connectivity index (χ1n) is 5.97. The molecule has 4 nitrogen and oxygen atoms in total. The van der Waals surface area contributed by atoms with Gasteiger partial charge in [0.05, 0.1) is 0 Å². The van der Waals surface area contributed by atoms with Crippen molar-refractivity contribution in [1.29, 1.82) is 0 Å². The molecule has 0 bridgehead atoms. The number of aromatic nitrogens is 4. The molecule has 8 heteroatoms. The average molecular weight is 428 g/mol. The number of benzene rings is 1. The molecule has 5 rings (SSSR count). The van der Waals surface area contributed by atoms with Gasteiger partial charge >= 0.3 is 136 Å². The Bertz CT molecular complexity index is 772. The van der Waals surface area contributed by atoms with Gasteiger partial charge in [-0.1, -0.05) is 0 Å². The summed E-state index contributed by atoms with van der Waals surface area (Å²) < 4.78 is 11.3. The van der Waals surface area contributed by atoms with Crippen molar-refractivity contribution >= 4 is 53.0 Å². The average Bonchev–Trinajstić information content (AvgIpc) is 3.13. The van der Waals surface area contributed by atoms with E-state index in [1.165, 1.54) is 29.8 Å². The van der Waals surface area contributed by atoms with Crippen LogP contribution >= 0.6 is 23.5 Å². The molecule has 0 amide bonds. The van der Waals surface area contributed by atoms with Crippen molar-refractivity contribution in [1.82, 2.24) is 18.4 Å². The maximum atomic E-state index is 4.37. The topological polar surface area (TPSA) is 51.6 Å². The van der Waals surface area contributed by atoms with E-state index in [2.05, 4.69) is 30.5 Å². The second-order valence-electron chi connectivity index (χ2n) is 4.56. The number of fused-ring (bicyclic) bond motifs is 6. The molecule has 0 N–H and O–H groups in total. The van der Waals surface area contributed by atoms with Crippen molar-refractivity contribution in [3.63, 3.8) is 0 Å². The quantitative estimate of drug-likeness (QED) is 0.511. The van der Waals surface area contributed by atoms with Crippen molar-refractivity contribution in [2.24, 2.45) is 0 Å². The van der Waals surface area contributed by atoms with Gasteiger partial charge in [-0.3, -0.25) is 0 Å². The van der Waals surface area contributed by atoms with E-state index in [1.54, 1.807) is 0 Å². The first-order valence-corrected chi connectivity index (χ1v) is 11.2. The first kappa shape index (κ1) is 12.2. The molecule has 2 aromatic heterocycles. The zero-order chi connectivity index (χ0) is 13.1. The molecule has 0 radical (unpaired) electrons. The van der Waals surface area contributed by atoms with Gasteiger partial charge in [-0.25, -0.2) is 0 Å². The summed E-state index contributed by atoms with van der Waals surface area (Å²) in [5.41, 5.74) is 7.59. The maximum absolute atomic E-state index is 4.37. The standard InChI is InChI=1S/C12H6N4S2Se2/c1-5-3-17-12-10(14-16-20-12)8(5)2-6-4-18-11-9(7(1)6)13-15-19-11/h1-2H,3-4H2. The van der Waals surface area contributed by atoms with Gasteiger partial charge in [0, 0.05) is 0 Å². The van der Waals surface area contributed by atoms with Crippen LogP contribution in [0.15, 0.2) is 19.7 Å². The summed E-state index contributed by atoms with van der Waals surface area (Å²) in [5, 5.41) is 8.74. The first-order chi connectivity index (χ1) is 9.90. The third kappa shape index (κ3) is 1.70. The molecule has 0 atom stereocenters. The Morgan fingerprint density at radius 1 is 0.800 bits per heavy atom. The van der Waals surface area contributed by atoms with Gasteiger partial charge in [0.15, 0.2) is 0 Å². The summed E-state index contributed by atoms with van der Waals surface area (Å²) in [4.78, 5) is 0. The summed E-state index contributed by atoms with van der Waals surface area (Å²) in [6.07, 6.45) is 0. The monoisotopic (exact) mass is 430 g/mol. The van der Waals surface area contributed by atoms with Gasteiger partial charge in [-0.2, -0.15) is 0 Å². The minimum absolute atomic E-state index is 0.209. The molecule has 2 aliphatic rings. The van der Waals surface area contributed by atoms with Gasteiger partial charge in [0.2, 0.25) is 0 Å². The van der Waals surface area contributed by atoms with E-state index in [0.717, 1.165) is 22.9 Å². The Morgan fingerprint density at radius 3 is 1.80 bits per heavy atom. The van der Waals surface area contributed by atoms with Crippen molar-refractivity contribution < 1.29 is 0 Å². The normalized spacial score (nSPS) is 15.2. The Morgan fingerprint density at radius 2 is 1.30 bits per heavy atom. The molecular weight excluding hydrogens is 422 g/mol. The van der Waals surface area contributed by atoms with E-state index in [-0.39, 0.29) is 29.5 Å². The predicted octanol–water partition coefficient (Wildman–Crippen LogP) is 1.93. The zero-order valence-corrected chi connectivity index (χ0v) is 15.0. The third-order valence-corrected chi connectivity index (χ3v) is 9.74. The van der Waals surface area contributed by atoms with Crippen LogP contribution in [0.2, 0.25) is 0 Å². The Kier molecular flexibility index (Phi) is 2.79. The molecule has 2 aliphatic heterocycles. The summed E-state index contributed by atoms with van der Waals surface area (Å²) in [6.45, 7) is 0. The van der Waals surface area contributed by atoms with Crippen LogP contribution in [-0.4, -0.2) is 47.9 Å². The molecule has 1 aromatic carbocycles. The van der Waals surface area contributed by atoms with Crippen LogP contribution in [0.1, 0.15) is 11.1 Å². The van der Waals surface area contributed by atoms with Gasteiger partial charge in [0.1, 0.15) is 0 Å². The van der Waals surface area contributed by atoms with Crippen LogP contribution < -0.4 is 0 Å². The van der Waals surface area contributed by atoms with E-state index in [0.29, 0.717) is 0 Å². The van der Waals surface area contributed by atoms with Gasteiger partial charge < -0.3 is 0 Å². The van der Waals surface area contributed by atoms with Gasteiger partial charge in [0.25, 0.3) is 0 Å². The Labute approximate surface area is 135 Å². The number of rotatable bonds is 0. The number of nitrogens with zero attached hydrogens (tertiary/aromatic N) is 4. The molecule has 4 heterocycles. The van der Waals surface area contributed by atoms with Crippen molar-refractivity contribution in [3.05, 3.63) is 23.3 Å². The van der Waals surface area contributed by atoms with Crippen LogP contribution in [-0.2, 0) is 11.5 Å². The fourth-order valence-electron chi connectivity index (χ4n) is 2.54. The number of hydrogen-bond donors (Lipinski definition) is 0. The SMILES string of the molecule is c1c2c(cc3c1-c1nn[se]c1SC3)-c1nn[se]c1SC2. The molecule has 0 saturated heterocycles. The van der Waals surface area contributed by atoms with E-state index in [4.69, 9.17) is 0 Å². The molecular formula is C12H6N4S2Se2. The molecule has 0 aliphatic carbocycles. The fraction of sp³-hybridized carbons (Fsp3) is 0.167. The van der Waals surface area contributed by atoms with Gasteiger partial charge in [-0.05, 0) is 0 Å². The van der Waals surface area contributed by atoms with Crippen LogP contribution in [0.4, 0.5) is 0 Å². The third-order valence-electron chi connectivity index (χ3n) is 3.47. The molecule has 98 valence electrons.